The molecule has 1 heterocycles. The van der Waals surface area contributed by atoms with Crippen LogP contribution in [-0.2, 0) is 9.53 Å². The van der Waals surface area contributed by atoms with Gasteiger partial charge in [0, 0.05) is 37.5 Å². The van der Waals surface area contributed by atoms with Crippen LogP contribution in [0.15, 0.2) is 24.3 Å². The summed E-state index contributed by atoms with van der Waals surface area (Å²) in [4.78, 5) is 14.0. The van der Waals surface area contributed by atoms with Gasteiger partial charge in [-0.1, -0.05) is 0 Å². The zero-order valence-corrected chi connectivity index (χ0v) is 11.3. The van der Waals surface area contributed by atoms with E-state index in [4.69, 9.17) is 4.74 Å². The molecule has 1 atom stereocenters. The number of benzene rings is 1. The number of nitrogens with zero attached hydrogens (tertiary/aromatic N) is 1. The number of carbonyl (C=O) groups excluding carboxylic acids is 1. The minimum Gasteiger partial charge on any atom is -0.380 e. The molecule has 1 amide bonds. The quantitative estimate of drug-likeness (QED) is 0.903. The van der Waals surface area contributed by atoms with Crippen molar-refractivity contribution in [1.29, 1.82) is 0 Å². The summed E-state index contributed by atoms with van der Waals surface area (Å²) in [5.41, 5.74) is 2.09. The third-order valence-electron chi connectivity index (χ3n) is 3.93. The lowest BCUT2D eigenvalue weighted by Crippen LogP contribution is -2.22. The fraction of sp³-hybridized carbons (Fsp3) is 0.533. The summed E-state index contributed by atoms with van der Waals surface area (Å²) < 4.78 is 5.37. The summed E-state index contributed by atoms with van der Waals surface area (Å²) in [5.74, 6) is 0.411. The summed E-state index contributed by atoms with van der Waals surface area (Å²) in [6, 6.07) is 8.10. The molecule has 0 aromatic heterocycles. The van der Waals surface area contributed by atoms with Crippen molar-refractivity contribution in [2.75, 3.05) is 30.4 Å². The second-order valence-corrected chi connectivity index (χ2v) is 5.40. The first-order chi connectivity index (χ1) is 9.26. The van der Waals surface area contributed by atoms with Crippen LogP contribution in [0.3, 0.4) is 0 Å². The van der Waals surface area contributed by atoms with Crippen LogP contribution in [0.5, 0.6) is 0 Å². The average molecular weight is 260 g/mol. The van der Waals surface area contributed by atoms with Gasteiger partial charge in [0.05, 0.1) is 6.10 Å². The van der Waals surface area contributed by atoms with Gasteiger partial charge in [-0.15, -0.1) is 0 Å². The van der Waals surface area contributed by atoms with Crippen molar-refractivity contribution in [1.82, 2.24) is 0 Å². The van der Waals surface area contributed by atoms with E-state index in [1.807, 2.05) is 12.1 Å². The van der Waals surface area contributed by atoms with E-state index in [1.54, 1.807) is 7.11 Å². The van der Waals surface area contributed by atoms with E-state index in [2.05, 4.69) is 22.3 Å². The number of rotatable bonds is 4. The highest BCUT2D eigenvalue weighted by atomic mass is 16.5. The Bertz CT molecular complexity index is 454. The minimum atomic E-state index is 0.161. The van der Waals surface area contributed by atoms with Gasteiger partial charge in [0.2, 0.25) is 5.91 Å². The van der Waals surface area contributed by atoms with Gasteiger partial charge in [0.15, 0.2) is 0 Å². The number of methoxy groups -OCH3 is 1. The maximum Gasteiger partial charge on any atom is 0.227 e. The fourth-order valence-electron chi connectivity index (χ4n) is 2.50. The maximum absolute atomic E-state index is 11.7. The van der Waals surface area contributed by atoms with Gasteiger partial charge in [-0.05, 0) is 43.5 Å². The van der Waals surface area contributed by atoms with Crippen LogP contribution >= 0.6 is 0 Å². The van der Waals surface area contributed by atoms with Crippen LogP contribution in [-0.4, -0.2) is 32.2 Å². The molecule has 2 fully saturated rings. The molecule has 0 spiro atoms. The Hall–Kier alpha value is -1.55. The molecule has 1 aliphatic heterocycles. The first kappa shape index (κ1) is 12.5. The number of nitrogens with one attached hydrogen (secondary N) is 1. The third-order valence-corrected chi connectivity index (χ3v) is 3.93. The molecular weight excluding hydrogens is 240 g/mol. The maximum atomic E-state index is 11.7. The van der Waals surface area contributed by atoms with Crippen LogP contribution < -0.4 is 10.2 Å². The number of ether oxygens (including phenoxy) is 1. The van der Waals surface area contributed by atoms with Gasteiger partial charge in [0.1, 0.15) is 0 Å². The largest absolute Gasteiger partial charge is 0.380 e. The summed E-state index contributed by atoms with van der Waals surface area (Å²) in [7, 11) is 1.77. The van der Waals surface area contributed by atoms with E-state index >= 15 is 0 Å². The van der Waals surface area contributed by atoms with E-state index in [9.17, 15) is 4.79 Å². The Morgan fingerprint density at radius 1 is 1.26 bits per heavy atom. The molecule has 1 aromatic carbocycles. The van der Waals surface area contributed by atoms with Gasteiger partial charge in [-0.2, -0.15) is 0 Å². The zero-order valence-electron chi connectivity index (χ0n) is 11.3. The van der Waals surface area contributed by atoms with E-state index in [0.29, 0.717) is 6.10 Å². The Morgan fingerprint density at radius 2 is 2.00 bits per heavy atom. The SMILES string of the molecule is COC1CCN(c2ccc(NC(=O)C3CC3)cc2)C1. The molecule has 2 aliphatic rings. The lowest BCUT2D eigenvalue weighted by atomic mass is 10.2. The van der Waals surface area contributed by atoms with Gasteiger partial charge < -0.3 is 15.0 Å². The summed E-state index contributed by atoms with van der Waals surface area (Å²) in [5, 5.41) is 2.96. The van der Waals surface area contributed by atoms with Crippen LogP contribution in [0.25, 0.3) is 0 Å². The van der Waals surface area contributed by atoms with Gasteiger partial charge >= 0.3 is 0 Å². The molecule has 1 aliphatic carbocycles. The number of anilines is 2. The molecule has 0 bridgehead atoms. The molecule has 0 radical (unpaired) electrons. The molecule has 1 N–H and O–H groups in total. The van der Waals surface area contributed by atoms with E-state index in [1.165, 1.54) is 5.69 Å². The first-order valence-electron chi connectivity index (χ1n) is 6.95. The van der Waals surface area contributed by atoms with Crippen LogP contribution in [0, 0.1) is 5.92 Å². The molecule has 1 saturated heterocycles. The molecule has 4 nitrogen and oxygen atoms in total. The molecule has 1 unspecified atom stereocenters. The normalized spacial score (nSPS) is 22.6. The molecule has 3 rings (SSSR count). The number of amides is 1. The van der Waals surface area contributed by atoms with Crippen molar-refractivity contribution in [2.24, 2.45) is 5.92 Å². The Labute approximate surface area is 113 Å². The second-order valence-electron chi connectivity index (χ2n) is 5.40. The minimum absolute atomic E-state index is 0.161. The lowest BCUT2D eigenvalue weighted by molar-refractivity contribution is -0.117. The summed E-state index contributed by atoms with van der Waals surface area (Å²) >= 11 is 0. The molecule has 4 heteroatoms. The first-order valence-corrected chi connectivity index (χ1v) is 6.95. The zero-order chi connectivity index (χ0) is 13.2. The van der Waals surface area contributed by atoms with Crippen LogP contribution in [0.4, 0.5) is 11.4 Å². The molecule has 1 aromatic rings. The Balaban J connectivity index is 1.60. The summed E-state index contributed by atoms with van der Waals surface area (Å²) in [6.07, 6.45) is 3.50. The van der Waals surface area contributed by atoms with E-state index < -0.39 is 0 Å². The average Bonchev–Trinajstić information content (AvgIpc) is 3.18. The Morgan fingerprint density at radius 3 is 2.58 bits per heavy atom. The van der Waals surface area contributed by atoms with Gasteiger partial charge in [-0.3, -0.25) is 4.79 Å². The van der Waals surface area contributed by atoms with Crippen molar-refractivity contribution in [3.05, 3.63) is 24.3 Å². The number of hydrogen-bond donors (Lipinski definition) is 1. The van der Waals surface area contributed by atoms with Gasteiger partial charge in [-0.25, -0.2) is 0 Å². The van der Waals surface area contributed by atoms with Crippen molar-refractivity contribution in [3.63, 3.8) is 0 Å². The smallest absolute Gasteiger partial charge is 0.227 e. The molecular formula is C15H20N2O2. The standard InChI is InChI=1S/C15H20N2O2/c1-19-14-8-9-17(10-14)13-6-4-12(5-7-13)16-15(18)11-2-3-11/h4-7,11,14H,2-3,8-10H2,1H3,(H,16,18). The highest BCUT2D eigenvalue weighted by Gasteiger charge is 2.29. The second kappa shape index (κ2) is 5.21. The van der Waals surface area contributed by atoms with Crippen molar-refractivity contribution < 1.29 is 9.53 Å². The van der Waals surface area contributed by atoms with E-state index in [-0.39, 0.29) is 11.8 Å². The van der Waals surface area contributed by atoms with Crippen LogP contribution in [0.1, 0.15) is 19.3 Å². The molecule has 102 valence electrons. The van der Waals surface area contributed by atoms with Crippen molar-refractivity contribution in [3.8, 4) is 0 Å². The predicted molar refractivity (Wildman–Crippen MR) is 75.4 cm³/mol. The highest BCUT2D eigenvalue weighted by Crippen LogP contribution is 2.30. The molecule has 19 heavy (non-hydrogen) atoms. The number of carbonyl (C=O) groups is 1. The lowest BCUT2D eigenvalue weighted by Gasteiger charge is -2.18. The molecule has 1 saturated carbocycles. The van der Waals surface area contributed by atoms with Gasteiger partial charge in [0.25, 0.3) is 0 Å². The monoisotopic (exact) mass is 260 g/mol. The predicted octanol–water partition coefficient (Wildman–Crippen LogP) is 2.26. The topological polar surface area (TPSA) is 41.6 Å². The van der Waals surface area contributed by atoms with E-state index in [0.717, 1.165) is 38.0 Å². The highest BCUT2D eigenvalue weighted by molar-refractivity contribution is 5.94. The Kier molecular flexibility index (Phi) is 3.42. The van der Waals surface area contributed by atoms with Crippen LogP contribution in [0.2, 0.25) is 0 Å². The van der Waals surface area contributed by atoms with Crippen molar-refractivity contribution in [2.45, 2.75) is 25.4 Å². The number of hydrogen-bond acceptors (Lipinski definition) is 3. The third kappa shape index (κ3) is 2.89. The van der Waals surface area contributed by atoms with Crippen molar-refractivity contribution >= 4 is 17.3 Å². The fourth-order valence-corrected chi connectivity index (χ4v) is 2.50. The summed E-state index contributed by atoms with van der Waals surface area (Å²) in [6.45, 7) is 1.98.